The zero-order valence-corrected chi connectivity index (χ0v) is 10.7. The number of piperidine rings is 1. The molecule has 1 amide bonds. The lowest BCUT2D eigenvalue weighted by Crippen LogP contribution is -2.38. The van der Waals surface area contributed by atoms with Crippen LogP contribution in [0, 0.1) is 0 Å². The number of nitrogens with one attached hydrogen (secondary N) is 1. The Morgan fingerprint density at radius 2 is 2.06 bits per heavy atom. The molecular weight excluding hydrogens is 212 g/mol. The summed E-state index contributed by atoms with van der Waals surface area (Å²) in [4.78, 5) is 13.9. The van der Waals surface area contributed by atoms with E-state index in [1.54, 1.807) is 0 Å². The van der Waals surface area contributed by atoms with Gasteiger partial charge >= 0.3 is 0 Å². The summed E-state index contributed by atoms with van der Waals surface area (Å²) in [5.41, 5.74) is 0. The molecule has 0 bridgehead atoms. The summed E-state index contributed by atoms with van der Waals surface area (Å²) in [7, 11) is 0. The van der Waals surface area contributed by atoms with Crippen LogP contribution in [-0.4, -0.2) is 36.5 Å². The van der Waals surface area contributed by atoms with E-state index in [1.807, 2.05) is 4.90 Å². The van der Waals surface area contributed by atoms with Gasteiger partial charge in [-0.25, -0.2) is 0 Å². The molecule has 1 N–H and O–H groups in total. The molecule has 1 heterocycles. The maximum Gasteiger partial charge on any atom is 0.223 e. The highest BCUT2D eigenvalue weighted by atomic mass is 16.2. The highest BCUT2D eigenvalue weighted by molar-refractivity contribution is 5.76. The maximum atomic E-state index is 11.9. The van der Waals surface area contributed by atoms with Crippen LogP contribution in [-0.2, 0) is 4.79 Å². The summed E-state index contributed by atoms with van der Waals surface area (Å²) in [6, 6.07) is 0.498. The molecule has 96 valence electrons. The normalized spacial score (nSPS) is 24.9. The number of amides is 1. The minimum atomic E-state index is 0.331. The van der Waals surface area contributed by atoms with Gasteiger partial charge in [0.2, 0.25) is 5.91 Å². The van der Waals surface area contributed by atoms with Crippen molar-refractivity contribution in [2.75, 3.05) is 19.6 Å². The third-order valence-corrected chi connectivity index (χ3v) is 3.71. The van der Waals surface area contributed by atoms with Crippen molar-refractivity contribution in [2.45, 2.75) is 51.0 Å². The molecule has 1 aliphatic heterocycles. The summed E-state index contributed by atoms with van der Waals surface area (Å²) in [6.45, 7) is 2.77. The quantitative estimate of drug-likeness (QED) is 0.758. The second kappa shape index (κ2) is 6.80. The Morgan fingerprint density at radius 3 is 2.76 bits per heavy atom. The average Bonchev–Trinajstić information content (AvgIpc) is 2.41. The number of hydrogen-bond acceptors (Lipinski definition) is 2. The maximum absolute atomic E-state index is 11.9. The third kappa shape index (κ3) is 4.15. The molecule has 0 aromatic carbocycles. The van der Waals surface area contributed by atoms with E-state index in [1.165, 1.54) is 38.5 Å². The topological polar surface area (TPSA) is 32.3 Å². The highest BCUT2D eigenvalue weighted by Crippen LogP contribution is 2.11. The second-order valence-electron chi connectivity index (χ2n) is 5.11. The first-order chi connectivity index (χ1) is 8.36. The first kappa shape index (κ1) is 12.6. The van der Waals surface area contributed by atoms with Crippen molar-refractivity contribution < 1.29 is 4.79 Å². The number of hydrogen-bond donors (Lipinski definition) is 1. The Kier molecular flexibility index (Phi) is 5.05. The summed E-state index contributed by atoms with van der Waals surface area (Å²) >= 11 is 0. The van der Waals surface area contributed by atoms with Crippen LogP contribution >= 0.6 is 0 Å². The molecule has 0 aromatic heterocycles. The van der Waals surface area contributed by atoms with E-state index >= 15 is 0 Å². The van der Waals surface area contributed by atoms with Gasteiger partial charge in [0, 0.05) is 32.1 Å². The number of likely N-dealkylation sites (tertiary alicyclic amines) is 1. The van der Waals surface area contributed by atoms with Gasteiger partial charge in [0.05, 0.1) is 0 Å². The van der Waals surface area contributed by atoms with Crippen molar-refractivity contribution in [1.82, 2.24) is 10.2 Å². The molecule has 0 spiro atoms. The third-order valence-electron chi connectivity index (χ3n) is 3.71. The van der Waals surface area contributed by atoms with Crippen LogP contribution in [0.25, 0.3) is 0 Å². The van der Waals surface area contributed by atoms with E-state index < -0.39 is 0 Å². The van der Waals surface area contributed by atoms with Crippen molar-refractivity contribution >= 4 is 5.91 Å². The lowest BCUT2D eigenvalue weighted by atomic mass is 10.0. The van der Waals surface area contributed by atoms with Crippen LogP contribution in [0.3, 0.4) is 0 Å². The van der Waals surface area contributed by atoms with Crippen molar-refractivity contribution in [3.8, 4) is 0 Å². The van der Waals surface area contributed by atoms with Gasteiger partial charge in [-0.05, 0) is 38.5 Å². The Bertz CT molecular complexity index is 269. The van der Waals surface area contributed by atoms with E-state index in [4.69, 9.17) is 0 Å². The van der Waals surface area contributed by atoms with E-state index in [9.17, 15) is 4.79 Å². The van der Waals surface area contributed by atoms with Crippen LogP contribution < -0.4 is 5.32 Å². The molecular formula is C14H24N2O. The van der Waals surface area contributed by atoms with Crippen molar-refractivity contribution in [3.05, 3.63) is 12.2 Å². The largest absolute Gasteiger partial charge is 0.343 e. The van der Waals surface area contributed by atoms with Crippen LogP contribution in [0.15, 0.2) is 12.2 Å². The summed E-state index contributed by atoms with van der Waals surface area (Å²) < 4.78 is 0. The van der Waals surface area contributed by atoms with Gasteiger partial charge in [-0.2, -0.15) is 0 Å². The number of nitrogens with zero attached hydrogens (tertiary/aromatic N) is 1. The smallest absolute Gasteiger partial charge is 0.223 e. The summed E-state index contributed by atoms with van der Waals surface area (Å²) in [5, 5.41) is 3.46. The first-order valence-electron chi connectivity index (χ1n) is 7.04. The number of carbonyl (C=O) groups is 1. The molecule has 0 saturated carbocycles. The number of rotatable bonds is 4. The van der Waals surface area contributed by atoms with E-state index in [0.717, 1.165) is 19.6 Å². The first-order valence-corrected chi connectivity index (χ1v) is 7.04. The van der Waals surface area contributed by atoms with Gasteiger partial charge in [0.15, 0.2) is 0 Å². The van der Waals surface area contributed by atoms with Gasteiger partial charge in [0.25, 0.3) is 0 Å². The van der Waals surface area contributed by atoms with E-state index in [2.05, 4.69) is 17.5 Å². The van der Waals surface area contributed by atoms with Crippen LogP contribution in [0.2, 0.25) is 0 Å². The molecule has 1 atom stereocenters. The number of allylic oxidation sites excluding steroid dienone is 1. The molecule has 3 nitrogen and oxygen atoms in total. The highest BCUT2D eigenvalue weighted by Gasteiger charge is 2.16. The van der Waals surface area contributed by atoms with Crippen molar-refractivity contribution in [3.63, 3.8) is 0 Å². The lowest BCUT2D eigenvalue weighted by Gasteiger charge is -2.27. The van der Waals surface area contributed by atoms with Gasteiger partial charge in [-0.15, -0.1) is 0 Å². The van der Waals surface area contributed by atoms with Crippen LogP contribution in [0.5, 0.6) is 0 Å². The SMILES string of the molecule is O=C(CCNC1C=CCCC1)N1CCCCC1. The van der Waals surface area contributed by atoms with Crippen molar-refractivity contribution in [2.24, 2.45) is 0 Å². The molecule has 1 fully saturated rings. The Morgan fingerprint density at radius 1 is 1.24 bits per heavy atom. The predicted octanol–water partition coefficient (Wildman–Crippen LogP) is 2.09. The average molecular weight is 236 g/mol. The van der Waals surface area contributed by atoms with Gasteiger partial charge in [0.1, 0.15) is 0 Å². The van der Waals surface area contributed by atoms with E-state index in [0.29, 0.717) is 18.4 Å². The predicted molar refractivity (Wildman–Crippen MR) is 69.8 cm³/mol. The van der Waals surface area contributed by atoms with E-state index in [-0.39, 0.29) is 0 Å². The van der Waals surface area contributed by atoms with Crippen LogP contribution in [0.1, 0.15) is 44.9 Å². The second-order valence-corrected chi connectivity index (χ2v) is 5.11. The molecule has 0 radical (unpaired) electrons. The monoisotopic (exact) mass is 236 g/mol. The molecule has 2 aliphatic rings. The fourth-order valence-electron chi connectivity index (χ4n) is 2.65. The summed E-state index contributed by atoms with van der Waals surface area (Å²) in [6.07, 6.45) is 12.5. The molecule has 1 saturated heterocycles. The Hall–Kier alpha value is -0.830. The molecule has 2 rings (SSSR count). The Balaban J connectivity index is 1.62. The molecule has 3 heteroatoms. The minimum absolute atomic E-state index is 0.331. The minimum Gasteiger partial charge on any atom is -0.343 e. The van der Waals surface area contributed by atoms with Gasteiger partial charge in [-0.1, -0.05) is 12.2 Å². The lowest BCUT2D eigenvalue weighted by molar-refractivity contribution is -0.131. The van der Waals surface area contributed by atoms with Gasteiger partial charge in [-0.3, -0.25) is 4.79 Å². The zero-order valence-electron chi connectivity index (χ0n) is 10.7. The molecule has 1 unspecified atom stereocenters. The fraction of sp³-hybridized carbons (Fsp3) is 0.786. The fourth-order valence-corrected chi connectivity index (χ4v) is 2.65. The Labute approximate surface area is 104 Å². The molecule has 0 aromatic rings. The van der Waals surface area contributed by atoms with Gasteiger partial charge < -0.3 is 10.2 Å². The standard InChI is InChI=1S/C14H24N2O/c17-14(16-11-5-2-6-12-16)9-10-15-13-7-3-1-4-8-13/h3,7,13,15H,1-2,4-6,8-12H2. The number of carbonyl (C=O) groups excluding carboxylic acids is 1. The van der Waals surface area contributed by atoms with Crippen LogP contribution in [0.4, 0.5) is 0 Å². The molecule has 17 heavy (non-hydrogen) atoms. The molecule has 1 aliphatic carbocycles. The zero-order chi connectivity index (χ0) is 11.9. The van der Waals surface area contributed by atoms with Crippen molar-refractivity contribution in [1.29, 1.82) is 0 Å². The summed E-state index contributed by atoms with van der Waals surface area (Å²) in [5.74, 6) is 0.331.